The predicted molar refractivity (Wildman–Crippen MR) is 165 cm³/mol. The van der Waals surface area contributed by atoms with Gasteiger partial charge in [0.1, 0.15) is 0 Å². The Kier molecular flexibility index (Phi) is 8.77. The number of nitrogens with one attached hydrogen (secondary N) is 2. The number of hydrogen-bond donors (Lipinski definition) is 4. The van der Waals surface area contributed by atoms with Crippen LogP contribution >= 0.6 is 0 Å². The summed E-state index contributed by atoms with van der Waals surface area (Å²) in [7, 11) is 0. The van der Waals surface area contributed by atoms with E-state index >= 15 is 0 Å². The third-order valence-electron chi connectivity index (χ3n) is 7.18. The second-order valence-electron chi connectivity index (χ2n) is 11.3. The van der Waals surface area contributed by atoms with Crippen LogP contribution in [-0.2, 0) is 23.3 Å². The average Bonchev–Trinajstić information content (AvgIpc) is 2.97. The minimum atomic E-state index is -0.341. The monoisotopic (exact) mass is 567 g/mol. The maximum absolute atomic E-state index is 13.1. The first-order chi connectivity index (χ1) is 20.2. The summed E-state index contributed by atoms with van der Waals surface area (Å²) in [6.07, 6.45) is 0. The van der Waals surface area contributed by atoms with E-state index in [9.17, 15) is 9.90 Å². The summed E-state index contributed by atoms with van der Waals surface area (Å²) in [5.74, 6) is 0.309. The van der Waals surface area contributed by atoms with Crippen molar-refractivity contribution in [2.75, 3.05) is 42.7 Å². The van der Waals surface area contributed by atoms with Crippen molar-refractivity contribution in [2.24, 2.45) is 0 Å². The quantitative estimate of drug-likeness (QED) is 0.238. The van der Waals surface area contributed by atoms with E-state index in [-0.39, 0.29) is 35.7 Å². The second kappa shape index (κ2) is 12.6. The van der Waals surface area contributed by atoms with Gasteiger partial charge in [-0.15, -0.1) is 0 Å². The van der Waals surface area contributed by atoms with Gasteiger partial charge in [0.05, 0.1) is 19.8 Å². The molecule has 218 valence electrons. The highest BCUT2D eigenvalue weighted by atomic mass is 16.5. The van der Waals surface area contributed by atoms with Gasteiger partial charge in [0, 0.05) is 47.7 Å². The van der Waals surface area contributed by atoms with Gasteiger partial charge in [-0.25, -0.2) is 0 Å². The first kappa shape index (κ1) is 29.1. The Morgan fingerprint density at radius 2 is 1.74 bits per heavy atom. The van der Waals surface area contributed by atoms with Gasteiger partial charge < -0.3 is 26.2 Å². The largest absolute Gasteiger partial charge is 0.392 e. The Hall–Kier alpha value is -4.38. The van der Waals surface area contributed by atoms with E-state index in [0.717, 1.165) is 49.7 Å². The van der Waals surface area contributed by atoms with Gasteiger partial charge in [0.15, 0.2) is 5.82 Å². The molecule has 0 unspecified atom stereocenters. The summed E-state index contributed by atoms with van der Waals surface area (Å²) in [6, 6.07) is 20.9. The van der Waals surface area contributed by atoms with Crippen LogP contribution in [0.2, 0.25) is 0 Å². The number of aliphatic hydroxyl groups is 1. The fourth-order valence-electron chi connectivity index (χ4n) is 4.86. The molecule has 0 saturated carbocycles. The van der Waals surface area contributed by atoms with E-state index in [1.807, 2.05) is 24.3 Å². The highest BCUT2D eigenvalue weighted by Crippen LogP contribution is 2.29. The molecular formula is C32H37N7O3. The Morgan fingerprint density at radius 1 is 1.00 bits per heavy atom. The Morgan fingerprint density at radius 3 is 2.45 bits per heavy atom. The number of carbonyl (C=O) groups excluding carboxylic acids is 1. The van der Waals surface area contributed by atoms with Crippen LogP contribution < -0.4 is 16.4 Å². The molecule has 1 aliphatic rings. The number of amides is 1. The molecule has 3 aromatic carbocycles. The molecule has 10 nitrogen and oxygen atoms in total. The molecule has 4 aromatic rings. The lowest BCUT2D eigenvalue weighted by Gasteiger charge is -2.26. The first-order valence-corrected chi connectivity index (χ1v) is 14.0. The van der Waals surface area contributed by atoms with E-state index in [0.29, 0.717) is 22.4 Å². The van der Waals surface area contributed by atoms with Gasteiger partial charge >= 0.3 is 0 Å². The van der Waals surface area contributed by atoms with E-state index in [2.05, 4.69) is 63.4 Å². The van der Waals surface area contributed by atoms with Crippen LogP contribution in [0.25, 0.3) is 11.4 Å². The van der Waals surface area contributed by atoms with Gasteiger partial charge in [-0.3, -0.25) is 9.69 Å². The fourth-order valence-corrected chi connectivity index (χ4v) is 4.86. The third kappa shape index (κ3) is 7.09. The molecule has 2 heterocycles. The van der Waals surface area contributed by atoms with E-state index in [1.54, 1.807) is 30.3 Å². The van der Waals surface area contributed by atoms with Crippen molar-refractivity contribution in [3.05, 3.63) is 89.0 Å². The number of benzene rings is 3. The first-order valence-electron chi connectivity index (χ1n) is 14.0. The molecular weight excluding hydrogens is 530 g/mol. The SMILES string of the molecule is CC(C)(C)c1ccc(C(=O)Nc2cccc(-c3nc(N)nc(Nc4cccc(CN5CCOCC5)c4)n3)c2CO)cc1. The van der Waals surface area contributed by atoms with Crippen molar-refractivity contribution in [1.29, 1.82) is 0 Å². The zero-order valence-corrected chi connectivity index (χ0v) is 24.2. The summed E-state index contributed by atoms with van der Waals surface area (Å²) in [5, 5.41) is 16.5. The minimum absolute atomic E-state index is 0.0147. The number of aromatic nitrogens is 3. The van der Waals surface area contributed by atoms with Crippen molar-refractivity contribution in [3.63, 3.8) is 0 Å². The number of nitrogens with zero attached hydrogens (tertiary/aromatic N) is 4. The minimum Gasteiger partial charge on any atom is -0.392 e. The number of hydrogen-bond acceptors (Lipinski definition) is 9. The second-order valence-corrected chi connectivity index (χ2v) is 11.3. The maximum Gasteiger partial charge on any atom is 0.255 e. The number of nitrogens with two attached hydrogens (primary N) is 1. The predicted octanol–water partition coefficient (Wildman–Crippen LogP) is 4.74. The topological polar surface area (TPSA) is 139 Å². The van der Waals surface area contributed by atoms with Crippen molar-refractivity contribution in [3.8, 4) is 11.4 Å². The average molecular weight is 568 g/mol. The molecule has 5 rings (SSSR count). The Bertz CT molecular complexity index is 1540. The van der Waals surface area contributed by atoms with Crippen LogP contribution in [0, 0.1) is 0 Å². The maximum atomic E-state index is 13.1. The van der Waals surface area contributed by atoms with Gasteiger partial charge in [-0.1, -0.05) is 57.2 Å². The lowest BCUT2D eigenvalue weighted by atomic mass is 9.86. The molecule has 0 atom stereocenters. The van der Waals surface area contributed by atoms with E-state index in [1.165, 1.54) is 0 Å². The summed E-state index contributed by atoms with van der Waals surface area (Å²) >= 11 is 0. The van der Waals surface area contributed by atoms with E-state index < -0.39 is 0 Å². The van der Waals surface area contributed by atoms with Crippen molar-refractivity contribution in [1.82, 2.24) is 19.9 Å². The summed E-state index contributed by atoms with van der Waals surface area (Å²) in [4.78, 5) is 28.6. The molecule has 1 fully saturated rings. The standard InChI is InChI=1S/C32H37N7O3/c1-32(2,3)23-12-10-22(11-13-23)29(41)35-27-9-5-8-25(26(27)20-40)28-36-30(33)38-31(37-28)34-24-7-4-6-21(18-24)19-39-14-16-42-17-15-39/h4-13,18,40H,14-17,19-20H2,1-3H3,(H,35,41)(H3,33,34,36,37,38). The smallest absolute Gasteiger partial charge is 0.255 e. The lowest BCUT2D eigenvalue weighted by molar-refractivity contribution is 0.0342. The van der Waals surface area contributed by atoms with Crippen molar-refractivity contribution >= 4 is 29.2 Å². The van der Waals surface area contributed by atoms with Gasteiger partial charge in [0.25, 0.3) is 5.91 Å². The lowest BCUT2D eigenvalue weighted by Crippen LogP contribution is -2.35. The fraction of sp³-hybridized carbons (Fsp3) is 0.312. The van der Waals surface area contributed by atoms with Crippen LogP contribution in [0.4, 0.5) is 23.3 Å². The number of nitrogen functional groups attached to an aromatic ring is 1. The summed E-state index contributed by atoms with van der Waals surface area (Å²) < 4.78 is 5.45. The zero-order valence-electron chi connectivity index (χ0n) is 24.2. The molecule has 5 N–H and O–H groups in total. The molecule has 1 aromatic heterocycles. The Balaban J connectivity index is 1.36. The number of rotatable bonds is 8. The molecule has 1 aliphatic heterocycles. The molecule has 10 heteroatoms. The number of ether oxygens (including phenoxy) is 1. The Labute approximate surface area is 246 Å². The van der Waals surface area contributed by atoms with Gasteiger partial charge in [-0.2, -0.15) is 15.0 Å². The van der Waals surface area contributed by atoms with Gasteiger partial charge in [0.2, 0.25) is 11.9 Å². The number of aliphatic hydroxyl groups excluding tert-OH is 1. The molecule has 0 bridgehead atoms. The van der Waals surface area contributed by atoms with Crippen LogP contribution in [0.3, 0.4) is 0 Å². The van der Waals surface area contributed by atoms with Gasteiger partial charge in [-0.05, 0) is 46.9 Å². The third-order valence-corrected chi connectivity index (χ3v) is 7.18. The van der Waals surface area contributed by atoms with Crippen molar-refractivity contribution < 1.29 is 14.6 Å². The molecule has 0 aliphatic carbocycles. The summed E-state index contributed by atoms with van der Waals surface area (Å²) in [6.45, 7) is 10.2. The normalized spacial score (nSPS) is 14.0. The van der Waals surface area contributed by atoms with Crippen LogP contribution in [0.5, 0.6) is 0 Å². The zero-order chi connectivity index (χ0) is 29.7. The highest BCUT2D eigenvalue weighted by molar-refractivity contribution is 6.05. The molecule has 42 heavy (non-hydrogen) atoms. The van der Waals surface area contributed by atoms with Crippen LogP contribution in [0.1, 0.15) is 47.8 Å². The number of carbonyl (C=O) groups is 1. The summed E-state index contributed by atoms with van der Waals surface area (Å²) in [5.41, 5.74) is 11.2. The van der Waals surface area contributed by atoms with E-state index in [4.69, 9.17) is 10.5 Å². The molecule has 1 amide bonds. The highest BCUT2D eigenvalue weighted by Gasteiger charge is 2.18. The van der Waals surface area contributed by atoms with Crippen molar-refractivity contribution in [2.45, 2.75) is 39.3 Å². The van der Waals surface area contributed by atoms with Crippen LogP contribution in [-0.4, -0.2) is 57.2 Å². The molecule has 0 spiro atoms. The number of morpholine rings is 1. The molecule has 0 radical (unpaired) electrons. The number of anilines is 4. The molecule has 1 saturated heterocycles. The van der Waals surface area contributed by atoms with Crippen LogP contribution in [0.15, 0.2) is 66.7 Å².